The van der Waals surface area contributed by atoms with E-state index in [0.29, 0.717) is 45.8 Å². The van der Waals surface area contributed by atoms with Crippen LogP contribution in [0.4, 0.5) is 5.69 Å². The van der Waals surface area contributed by atoms with E-state index in [0.717, 1.165) is 27.9 Å². The number of hydrogen-bond acceptors (Lipinski definition) is 6. The van der Waals surface area contributed by atoms with Crippen molar-refractivity contribution in [1.29, 1.82) is 0 Å². The number of ether oxygens (including phenoxy) is 2. The minimum Gasteiger partial charge on any atom is -0.493 e. The first-order valence-corrected chi connectivity index (χ1v) is 13.1. The Balaban J connectivity index is 1.41. The van der Waals surface area contributed by atoms with Crippen molar-refractivity contribution < 1.29 is 19.1 Å². The van der Waals surface area contributed by atoms with Crippen molar-refractivity contribution in [1.82, 2.24) is 4.90 Å². The van der Waals surface area contributed by atoms with Crippen molar-refractivity contribution in [3.8, 4) is 11.5 Å². The molecule has 8 heteroatoms. The van der Waals surface area contributed by atoms with Gasteiger partial charge in [0, 0.05) is 12.1 Å². The summed E-state index contributed by atoms with van der Waals surface area (Å²) in [6.45, 7) is 2.87. The van der Waals surface area contributed by atoms with Gasteiger partial charge in [-0.25, -0.2) is 0 Å². The van der Waals surface area contributed by atoms with Crippen LogP contribution in [0.25, 0.3) is 5.57 Å². The summed E-state index contributed by atoms with van der Waals surface area (Å²) >= 11 is 6.78. The first-order chi connectivity index (χ1) is 17.9. The van der Waals surface area contributed by atoms with Crippen LogP contribution in [0.15, 0.2) is 71.6 Å². The Bertz CT molecular complexity index is 1430. The summed E-state index contributed by atoms with van der Waals surface area (Å²) in [5.41, 5.74) is 5.17. The van der Waals surface area contributed by atoms with Gasteiger partial charge in [-0.05, 0) is 42.7 Å². The second-order valence-corrected chi connectivity index (χ2v) is 10.5. The number of carbonyl (C=O) groups is 2. The number of fused-ring (bicyclic) bond motifs is 1. The third kappa shape index (κ3) is 4.74. The van der Waals surface area contributed by atoms with Crippen LogP contribution in [0, 0.1) is 6.92 Å². The van der Waals surface area contributed by atoms with Crippen LogP contribution in [0.1, 0.15) is 22.3 Å². The molecule has 188 valence electrons. The summed E-state index contributed by atoms with van der Waals surface area (Å²) in [4.78, 5) is 31.0. The summed E-state index contributed by atoms with van der Waals surface area (Å²) in [7, 11) is 3.18. The van der Waals surface area contributed by atoms with Gasteiger partial charge in [0.25, 0.3) is 11.8 Å². The molecule has 2 aliphatic heterocycles. The zero-order chi connectivity index (χ0) is 26.1. The van der Waals surface area contributed by atoms with Crippen LogP contribution in [0.2, 0.25) is 0 Å². The molecule has 0 N–H and O–H groups in total. The van der Waals surface area contributed by atoms with Gasteiger partial charge in [0.1, 0.15) is 4.32 Å². The molecule has 0 spiro atoms. The number of para-hydroxylation sites is 1. The lowest BCUT2D eigenvalue weighted by Gasteiger charge is -2.17. The number of amides is 2. The minimum absolute atomic E-state index is 0.179. The van der Waals surface area contributed by atoms with Gasteiger partial charge in [0.05, 0.1) is 36.9 Å². The molecule has 0 saturated carbocycles. The molecule has 2 aliphatic rings. The first kappa shape index (κ1) is 25.0. The van der Waals surface area contributed by atoms with Gasteiger partial charge < -0.3 is 14.4 Å². The average Bonchev–Trinajstić information content (AvgIpc) is 3.35. The molecule has 0 aromatic heterocycles. The highest BCUT2D eigenvalue weighted by molar-refractivity contribution is 8.26. The van der Waals surface area contributed by atoms with Crippen LogP contribution in [-0.4, -0.2) is 41.8 Å². The fraction of sp³-hybridized carbons (Fsp3) is 0.207. The minimum atomic E-state index is -0.231. The molecule has 5 rings (SSSR count). The lowest BCUT2D eigenvalue weighted by molar-refractivity contribution is -0.122. The second-order valence-electron chi connectivity index (χ2n) is 8.86. The highest BCUT2D eigenvalue weighted by Gasteiger charge is 2.41. The number of rotatable bonds is 7. The molecule has 6 nitrogen and oxygen atoms in total. The van der Waals surface area contributed by atoms with Crippen molar-refractivity contribution >= 4 is 51.4 Å². The van der Waals surface area contributed by atoms with Gasteiger partial charge in [-0.3, -0.25) is 14.5 Å². The van der Waals surface area contributed by atoms with E-state index in [9.17, 15) is 9.59 Å². The predicted molar refractivity (Wildman–Crippen MR) is 151 cm³/mol. The predicted octanol–water partition coefficient (Wildman–Crippen LogP) is 5.37. The number of thioether (sulfide) groups is 1. The van der Waals surface area contributed by atoms with E-state index >= 15 is 0 Å². The molecule has 1 fully saturated rings. The van der Waals surface area contributed by atoms with Crippen molar-refractivity contribution in [2.45, 2.75) is 19.9 Å². The highest BCUT2D eigenvalue weighted by Crippen LogP contribution is 2.45. The van der Waals surface area contributed by atoms with Crippen molar-refractivity contribution in [3.63, 3.8) is 0 Å². The molecule has 3 aromatic carbocycles. The maximum absolute atomic E-state index is 13.7. The van der Waals surface area contributed by atoms with E-state index in [1.807, 2.05) is 73.7 Å². The lowest BCUT2D eigenvalue weighted by Crippen LogP contribution is -2.31. The summed E-state index contributed by atoms with van der Waals surface area (Å²) in [5.74, 6) is 0.873. The van der Waals surface area contributed by atoms with Crippen molar-refractivity contribution in [2.24, 2.45) is 0 Å². The first-order valence-electron chi connectivity index (χ1n) is 11.9. The number of anilines is 1. The molecule has 2 heterocycles. The van der Waals surface area contributed by atoms with Gasteiger partial charge in [0.15, 0.2) is 11.5 Å². The molecule has 2 amide bonds. The number of carbonyl (C=O) groups excluding carboxylic acids is 2. The van der Waals surface area contributed by atoms with E-state index in [2.05, 4.69) is 0 Å². The van der Waals surface area contributed by atoms with Gasteiger partial charge in [-0.1, -0.05) is 78.1 Å². The summed E-state index contributed by atoms with van der Waals surface area (Å²) in [5, 5.41) is 0. The Labute approximate surface area is 225 Å². The van der Waals surface area contributed by atoms with E-state index in [4.69, 9.17) is 21.7 Å². The number of hydrogen-bond donors (Lipinski definition) is 0. The van der Waals surface area contributed by atoms with Crippen molar-refractivity contribution in [3.05, 3.63) is 93.9 Å². The lowest BCUT2D eigenvalue weighted by atomic mass is 10.1. The number of methoxy groups -OCH3 is 2. The van der Waals surface area contributed by atoms with Gasteiger partial charge in [-0.15, -0.1) is 0 Å². The van der Waals surface area contributed by atoms with Crippen LogP contribution in [0.3, 0.4) is 0 Å². The molecule has 1 saturated heterocycles. The zero-order valence-electron chi connectivity index (χ0n) is 20.8. The third-order valence-electron chi connectivity index (χ3n) is 6.53. The second kappa shape index (κ2) is 10.4. The Hall–Kier alpha value is -3.62. The van der Waals surface area contributed by atoms with Crippen LogP contribution in [-0.2, 0) is 22.6 Å². The highest BCUT2D eigenvalue weighted by atomic mass is 32.2. The van der Waals surface area contributed by atoms with E-state index < -0.39 is 0 Å². The number of aryl methyl sites for hydroxylation is 1. The molecule has 0 aliphatic carbocycles. The molecule has 37 heavy (non-hydrogen) atoms. The molecule has 0 radical (unpaired) electrons. The molecule has 0 bridgehead atoms. The monoisotopic (exact) mass is 530 g/mol. The summed E-state index contributed by atoms with van der Waals surface area (Å²) in [6.07, 6.45) is 0.583. The molecule has 3 aromatic rings. The molecular formula is C29H26N2O4S2. The van der Waals surface area contributed by atoms with Gasteiger partial charge >= 0.3 is 0 Å². The Morgan fingerprint density at radius 2 is 1.54 bits per heavy atom. The Morgan fingerprint density at radius 1 is 0.838 bits per heavy atom. The normalized spacial score (nSPS) is 17.0. The number of benzene rings is 3. The van der Waals surface area contributed by atoms with Crippen molar-refractivity contribution in [2.75, 3.05) is 25.7 Å². The maximum atomic E-state index is 13.7. The fourth-order valence-electron chi connectivity index (χ4n) is 4.55. The smallest absolute Gasteiger partial charge is 0.267 e. The zero-order valence-corrected chi connectivity index (χ0v) is 22.4. The molecular weight excluding hydrogens is 504 g/mol. The quantitative estimate of drug-likeness (QED) is 0.302. The van der Waals surface area contributed by atoms with Crippen LogP contribution >= 0.6 is 24.0 Å². The summed E-state index contributed by atoms with van der Waals surface area (Å²) < 4.78 is 11.2. The number of nitrogens with zero attached hydrogens (tertiary/aromatic N) is 2. The third-order valence-corrected chi connectivity index (χ3v) is 7.98. The van der Waals surface area contributed by atoms with E-state index in [1.54, 1.807) is 24.0 Å². The van der Waals surface area contributed by atoms with E-state index in [-0.39, 0.29) is 11.8 Å². The van der Waals surface area contributed by atoms with Crippen LogP contribution in [0.5, 0.6) is 11.5 Å². The summed E-state index contributed by atoms with van der Waals surface area (Å²) in [6, 6.07) is 21.4. The van der Waals surface area contributed by atoms with Gasteiger partial charge in [0.2, 0.25) is 0 Å². The SMILES string of the molecule is COc1ccc(CCN2C(=O)/C(=C3\C(=O)N(Cc4ccc(C)cc4)c4ccccc43)SC2=S)cc1OC. The van der Waals surface area contributed by atoms with Crippen LogP contribution < -0.4 is 14.4 Å². The van der Waals surface area contributed by atoms with Gasteiger partial charge in [-0.2, -0.15) is 0 Å². The average molecular weight is 531 g/mol. The van der Waals surface area contributed by atoms with E-state index in [1.165, 1.54) is 11.8 Å². The topological polar surface area (TPSA) is 59.1 Å². The standard InChI is InChI=1S/C29H26N2O4S2/c1-18-8-10-20(11-9-18)17-31-22-7-5-4-6-21(22)25(27(31)32)26-28(33)30(29(36)37-26)15-14-19-12-13-23(34-2)24(16-19)35-3/h4-13,16H,14-15,17H2,1-3H3/b26-25+. The maximum Gasteiger partial charge on any atom is 0.267 e. The fourth-order valence-corrected chi connectivity index (χ4v) is 5.93. The Morgan fingerprint density at radius 3 is 2.27 bits per heavy atom. The largest absolute Gasteiger partial charge is 0.493 e. The molecule has 0 unspecified atom stereocenters. The molecule has 0 atom stereocenters. The Kier molecular flexibility index (Phi) is 7.04. The number of thiocarbonyl (C=S) groups is 1.